The molecule has 0 fully saturated rings. The second-order valence-electron chi connectivity index (χ2n) is 5.30. The third-order valence-corrected chi connectivity index (χ3v) is 3.30. The third kappa shape index (κ3) is 6.55. The zero-order valence-corrected chi connectivity index (χ0v) is 14.3. The minimum atomic E-state index is -0.328. The fourth-order valence-corrected chi connectivity index (χ4v) is 2.11. The van der Waals surface area contributed by atoms with Gasteiger partial charge in [0.2, 0.25) is 5.91 Å². The second-order valence-corrected chi connectivity index (χ2v) is 5.30. The summed E-state index contributed by atoms with van der Waals surface area (Å²) in [5, 5.41) is 2.67. The molecular weight excluding hydrogens is 322 g/mol. The Bertz CT molecular complexity index is 695. The van der Waals surface area contributed by atoms with Gasteiger partial charge < -0.3 is 19.5 Å². The molecule has 132 valence electrons. The molecule has 0 radical (unpaired) electrons. The minimum absolute atomic E-state index is 0.135. The van der Waals surface area contributed by atoms with Gasteiger partial charge >= 0.3 is 5.97 Å². The molecule has 0 saturated heterocycles. The predicted octanol–water partition coefficient (Wildman–Crippen LogP) is 2.82. The first-order valence-electron chi connectivity index (χ1n) is 7.86. The molecule has 6 heteroatoms. The van der Waals surface area contributed by atoms with Crippen LogP contribution in [-0.4, -0.2) is 32.2 Å². The van der Waals surface area contributed by atoms with Crippen molar-refractivity contribution in [2.45, 2.75) is 13.3 Å². The van der Waals surface area contributed by atoms with Gasteiger partial charge in [0.05, 0.1) is 13.5 Å². The number of carbonyl (C=O) groups excluding carboxylic acids is 2. The highest BCUT2D eigenvalue weighted by molar-refractivity contribution is 5.88. The standard InChI is InChI=1S/C19H21NO5/c1-14(21)20-16-5-3-15(4-6-16)13-19(22)25-12-11-24-18-9-7-17(23-2)8-10-18/h3-10H,11-13H2,1-2H3,(H,20,21). The zero-order valence-electron chi connectivity index (χ0n) is 14.3. The molecule has 0 heterocycles. The number of esters is 1. The topological polar surface area (TPSA) is 73.9 Å². The maximum Gasteiger partial charge on any atom is 0.310 e. The molecule has 2 aromatic carbocycles. The van der Waals surface area contributed by atoms with E-state index in [1.807, 2.05) is 0 Å². The van der Waals surface area contributed by atoms with Crippen LogP contribution in [-0.2, 0) is 20.7 Å². The van der Waals surface area contributed by atoms with Gasteiger partial charge in [0.25, 0.3) is 0 Å². The summed E-state index contributed by atoms with van der Waals surface area (Å²) in [5.74, 6) is 0.975. The monoisotopic (exact) mass is 343 g/mol. The van der Waals surface area contributed by atoms with E-state index in [-0.39, 0.29) is 31.5 Å². The summed E-state index contributed by atoms with van der Waals surface area (Å²) in [4.78, 5) is 22.8. The summed E-state index contributed by atoms with van der Waals surface area (Å²) in [6.45, 7) is 1.90. The molecule has 6 nitrogen and oxygen atoms in total. The number of amides is 1. The van der Waals surface area contributed by atoms with E-state index >= 15 is 0 Å². The van der Waals surface area contributed by atoms with Crippen molar-refractivity contribution >= 4 is 17.6 Å². The first kappa shape index (κ1) is 18.3. The number of carbonyl (C=O) groups is 2. The van der Waals surface area contributed by atoms with Crippen molar-refractivity contribution in [1.29, 1.82) is 0 Å². The zero-order chi connectivity index (χ0) is 18.1. The fraction of sp³-hybridized carbons (Fsp3) is 0.263. The van der Waals surface area contributed by atoms with E-state index in [9.17, 15) is 9.59 Å². The number of methoxy groups -OCH3 is 1. The van der Waals surface area contributed by atoms with Crippen molar-refractivity contribution in [3.8, 4) is 11.5 Å². The molecule has 0 aliphatic heterocycles. The van der Waals surface area contributed by atoms with Crippen LogP contribution in [0.2, 0.25) is 0 Å². The van der Waals surface area contributed by atoms with E-state index in [1.54, 1.807) is 55.6 Å². The predicted molar refractivity (Wildman–Crippen MR) is 93.9 cm³/mol. The summed E-state index contributed by atoms with van der Waals surface area (Å²) < 4.78 is 15.7. The van der Waals surface area contributed by atoms with Crippen LogP contribution in [0.3, 0.4) is 0 Å². The Balaban J connectivity index is 1.68. The molecule has 2 aromatic rings. The van der Waals surface area contributed by atoms with E-state index in [2.05, 4.69) is 5.32 Å². The number of hydrogen-bond donors (Lipinski definition) is 1. The minimum Gasteiger partial charge on any atom is -0.497 e. The first-order chi connectivity index (χ1) is 12.1. The molecule has 1 amide bonds. The Morgan fingerprint density at radius 1 is 0.920 bits per heavy atom. The lowest BCUT2D eigenvalue weighted by Gasteiger charge is -2.08. The Kier molecular flexibility index (Phi) is 6.83. The van der Waals surface area contributed by atoms with Crippen LogP contribution in [0.15, 0.2) is 48.5 Å². The maximum absolute atomic E-state index is 11.8. The lowest BCUT2D eigenvalue weighted by Crippen LogP contribution is -2.14. The quantitative estimate of drug-likeness (QED) is 0.589. The van der Waals surface area contributed by atoms with Crippen molar-refractivity contribution in [1.82, 2.24) is 0 Å². The average molecular weight is 343 g/mol. The Hall–Kier alpha value is -3.02. The van der Waals surface area contributed by atoms with Crippen molar-refractivity contribution < 1.29 is 23.8 Å². The SMILES string of the molecule is COc1ccc(OCCOC(=O)Cc2ccc(NC(C)=O)cc2)cc1. The van der Waals surface area contributed by atoms with Crippen LogP contribution in [0, 0.1) is 0 Å². The smallest absolute Gasteiger partial charge is 0.310 e. The third-order valence-electron chi connectivity index (χ3n) is 3.30. The van der Waals surface area contributed by atoms with E-state index in [4.69, 9.17) is 14.2 Å². The van der Waals surface area contributed by atoms with Gasteiger partial charge in [-0.3, -0.25) is 9.59 Å². The molecule has 0 saturated carbocycles. The molecule has 0 bridgehead atoms. The first-order valence-corrected chi connectivity index (χ1v) is 7.86. The molecule has 0 aromatic heterocycles. The lowest BCUT2D eigenvalue weighted by atomic mass is 10.1. The molecule has 1 N–H and O–H groups in total. The lowest BCUT2D eigenvalue weighted by molar-refractivity contribution is -0.143. The van der Waals surface area contributed by atoms with Crippen LogP contribution < -0.4 is 14.8 Å². The van der Waals surface area contributed by atoms with Gasteiger partial charge in [0.15, 0.2) is 0 Å². The van der Waals surface area contributed by atoms with Crippen molar-refractivity contribution in [2.75, 3.05) is 25.6 Å². The fourth-order valence-electron chi connectivity index (χ4n) is 2.11. The molecular formula is C19H21NO5. The molecule has 0 unspecified atom stereocenters. The molecule has 0 aliphatic rings. The van der Waals surface area contributed by atoms with Crippen LogP contribution in [0.25, 0.3) is 0 Å². The van der Waals surface area contributed by atoms with Gasteiger partial charge in [-0.2, -0.15) is 0 Å². The average Bonchev–Trinajstić information content (AvgIpc) is 2.60. The van der Waals surface area contributed by atoms with Gasteiger partial charge in [-0.1, -0.05) is 12.1 Å². The molecule has 25 heavy (non-hydrogen) atoms. The van der Waals surface area contributed by atoms with E-state index in [1.165, 1.54) is 6.92 Å². The summed E-state index contributed by atoms with van der Waals surface area (Å²) in [5.41, 5.74) is 1.51. The van der Waals surface area contributed by atoms with Gasteiger partial charge in [0, 0.05) is 12.6 Å². The number of benzene rings is 2. The van der Waals surface area contributed by atoms with E-state index in [0.29, 0.717) is 11.4 Å². The normalized spacial score (nSPS) is 10.0. The Morgan fingerprint density at radius 3 is 2.16 bits per heavy atom. The molecule has 0 spiro atoms. The second kappa shape index (κ2) is 9.32. The largest absolute Gasteiger partial charge is 0.497 e. The molecule has 2 rings (SSSR count). The highest BCUT2D eigenvalue weighted by Crippen LogP contribution is 2.16. The molecule has 0 aliphatic carbocycles. The van der Waals surface area contributed by atoms with Gasteiger partial charge in [0.1, 0.15) is 24.7 Å². The highest BCUT2D eigenvalue weighted by atomic mass is 16.6. The number of rotatable bonds is 8. The number of nitrogens with one attached hydrogen (secondary N) is 1. The maximum atomic E-state index is 11.8. The summed E-state index contributed by atoms with van der Waals surface area (Å²) in [7, 11) is 1.60. The summed E-state index contributed by atoms with van der Waals surface area (Å²) in [6, 6.07) is 14.2. The highest BCUT2D eigenvalue weighted by Gasteiger charge is 2.05. The number of hydrogen-bond acceptors (Lipinski definition) is 5. The Labute approximate surface area is 146 Å². The molecule has 0 atom stereocenters. The summed E-state index contributed by atoms with van der Waals surface area (Å²) >= 11 is 0. The van der Waals surface area contributed by atoms with Crippen molar-refractivity contribution in [2.24, 2.45) is 0 Å². The van der Waals surface area contributed by atoms with Crippen LogP contribution >= 0.6 is 0 Å². The van der Waals surface area contributed by atoms with Crippen molar-refractivity contribution in [3.63, 3.8) is 0 Å². The van der Waals surface area contributed by atoms with E-state index < -0.39 is 0 Å². The van der Waals surface area contributed by atoms with Crippen LogP contribution in [0.5, 0.6) is 11.5 Å². The van der Waals surface area contributed by atoms with Gasteiger partial charge in [-0.05, 0) is 42.0 Å². The van der Waals surface area contributed by atoms with Gasteiger partial charge in [-0.15, -0.1) is 0 Å². The number of ether oxygens (including phenoxy) is 3. The Morgan fingerprint density at radius 2 is 1.56 bits per heavy atom. The van der Waals surface area contributed by atoms with Crippen molar-refractivity contribution in [3.05, 3.63) is 54.1 Å². The number of anilines is 1. The van der Waals surface area contributed by atoms with Gasteiger partial charge in [-0.25, -0.2) is 0 Å². The summed E-state index contributed by atoms with van der Waals surface area (Å²) in [6.07, 6.45) is 0.170. The van der Waals surface area contributed by atoms with Crippen LogP contribution in [0.1, 0.15) is 12.5 Å². The van der Waals surface area contributed by atoms with Crippen LogP contribution in [0.4, 0.5) is 5.69 Å². The van der Waals surface area contributed by atoms with E-state index in [0.717, 1.165) is 11.3 Å².